The lowest BCUT2D eigenvalue weighted by Crippen LogP contribution is -2.74. The van der Waals surface area contributed by atoms with E-state index in [1.54, 1.807) is 13.2 Å². The summed E-state index contributed by atoms with van der Waals surface area (Å²) in [6, 6.07) is 2.55. The first-order chi connectivity index (χ1) is 17.5. The van der Waals surface area contributed by atoms with E-state index in [-0.39, 0.29) is 43.5 Å². The molecule has 38 heavy (non-hydrogen) atoms. The highest BCUT2D eigenvalue weighted by Gasteiger charge is 2.72. The van der Waals surface area contributed by atoms with Gasteiger partial charge in [-0.05, 0) is 57.5 Å². The average molecular weight is 553 g/mol. The SMILES string of the molecule is COc1ccc2c3c1O[C@H]1C(OC(=O)[C@H](C)OC(=O)[C@@H](N)CCC(=O)O)=CC[C@@]4(O)[C@@H](C2)N(C)CC[C@]314.Cl. The Labute approximate surface area is 226 Å². The molecule has 1 saturated heterocycles. The monoisotopic (exact) mass is 552 g/mol. The van der Waals surface area contributed by atoms with Gasteiger partial charge in [-0.2, -0.15) is 0 Å². The number of hydrogen-bond acceptors (Lipinski definition) is 10. The minimum atomic E-state index is -1.28. The number of esters is 2. The zero-order valence-corrected chi connectivity index (χ0v) is 22.3. The third kappa shape index (κ3) is 4.03. The Morgan fingerprint density at radius 1 is 1.29 bits per heavy atom. The summed E-state index contributed by atoms with van der Waals surface area (Å²) in [6.45, 7) is 2.09. The normalized spacial score (nSPS) is 30.0. The quantitative estimate of drug-likeness (QED) is 0.396. The first-order valence-electron chi connectivity index (χ1n) is 12.4. The van der Waals surface area contributed by atoms with Gasteiger partial charge in [-0.15, -0.1) is 12.4 Å². The molecule has 0 unspecified atom stereocenters. The summed E-state index contributed by atoms with van der Waals surface area (Å²) in [4.78, 5) is 38.1. The topological polar surface area (TPSA) is 158 Å². The molecule has 2 heterocycles. The number of aliphatic carboxylic acids is 1. The fourth-order valence-corrected chi connectivity index (χ4v) is 6.49. The summed E-state index contributed by atoms with van der Waals surface area (Å²) in [5.41, 5.74) is 5.71. The lowest BCUT2D eigenvalue weighted by molar-refractivity contribution is -0.175. The molecule has 2 aliphatic carbocycles. The molecule has 4 N–H and O–H groups in total. The highest BCUT2D eigenvalue weighted by molar-refractivity contribution is 5.85. The summed E-state index contributed by atoms with van der Waals surface area (Å²) >= 11 is 0. The Kier molecular flexibility index (Phi) is 7.43. The number of benzene rings is 1. The van der Waals surface area contributed by atoms with E-state index in [2.05, 4.69) is 4.90 Å². The Bertz CT molecular complexity index is 1190. The van der Waals surface area contributed by atoms with Crippen molar-refractivity contribution in [3.63, 3.8) is 0 Å². The Morgan fingerprint density at radius 3 is 2.71 bits per heavy atom. The van der Waals surface area contributed by atoms with E-state index in [1.807, 2.05) is 19.2 Å². The molecule has 5 rings (SSSR count). The Balaban J connectivity index is 0.00000336. The number of likely N-dealkylation sites (tertiary alicyclic amines) is 1. The van der Waals surface area contributed by atoms with Crippen LogP contribution < -0.4 is 15.2 Å². The molecule has 208 valence electrons. The highest BCUT2D eigenvalue weighted by Crippen LogP contribution is 2.65. The average Bonchev–Trinajstić information content (AvgIpc) is 3.21. The molecule has 4 aliphatic rings. The summed E-state index contributed by atoms with van der Waals surface area (Å²) in [5.74, 6) is -1.44. The van der Waals surface area contributed by atoms with Gasteiger partial charge in [0.25, 0.3) is 0 Å². The smallest absolute Gasteiger partial charge is 0.352 e. The molecule has 1 fully saturated rings. The molecule has 1 spiro atoms. The van der Waals surface area contributed by atoms with Gasteiger partial charge >= 0.3 is 17.9 Å². The standard InChI is InChI=1S/C26H32N2O9.ClH/c1-13(35-24(32)15(27)5-7-19(29)30)23(31)36-17-8-9-26(33)18-12-14-4-6-16(34-3)21-20(14)25(26,22(17)37-21)10-11-28(18)2;/h4,6,8,13,15,18,22,33H,5,7,9-12,27H2,1-3H3,(H,29,30);1H/t13-,15-,18+,22-,25-,26+;/m0./s1. The number of halogens is 1. The van der Waals surface area contributed by atoms with E-state index in [4.69, 9.17) is 29.8 Å². The van der Waals surface area contributed by atoms with Crippen molar-refractivity contribution in [2.24, 2.45) is 5.73 Å². The van der Waals surface area contributed by atoms with Crippen molar-refractivity contribution in [3.8, 4) is 11.5 Å². The number of piperidine rings is 1. The van der Waals surface area contributed by atoms with Crippen molar-refractivity contribution in [1.82, 2.24) is 4.90 Å². The fraction of sp³-hybridized carbons (Fsp3) is 0.577. The molecule has 11 nitrogen and oxygen atoms in total. The molecule has 12 heteroatoms. The van der Waals surface area contributed by atoms with Crippen molar-refractivity contribution < 1.29 is 43.5 Å². The van der Waals surface area contributed by atoms with E-state index in [9.17, 15) is 19.5 Å². The van der Waals surface area contributed by atoms with Crippen LogP contribution in [0.5, 0.6) is 11.5 Å². The van der Waals surface area contributed by atoms with E-state index in [1.165, 1.54) is 6.92 Å². The molecule has 0 amide bonds. The first-order valence-corrected chi connectivity index (χ1v) is 12.4. The molecule has 0 aromatic heterocycles. The maximum absolute atomic E-state index is 13.0. The van der Waals surface area contributed by atoms with Crippen molar-refractivity contribution >= 4 is 30.3 Å². The number of carbonyl (C=O) groups is 3. The van der Waals surface area contributed by atoms with Crippen molar-refractivity contribution in [1.29, 1.82) is 0 Å². The molecule has 2 bridgehead atoms. The van der Waals surface area contributed by atoms with Gasteiger partial charge in [0.05, 0.1) is 18.1 Å². The lowest BCUT2D eigenvalue weighted by Gasteiger charge is -2.61. The fourth-order valence-electron chi connectivity index (χ4n) is 6.49. The number of likely N-dealkylation sites (N-methyl/N-ethyl adjacent to an activating group) is 1. The number of nitrogens with zero attached hydrogens (tertiary/aromatic N) is 1. The largest absolute Gasteiger partial charge is 0.493 e. The van der Waals surface area contributed by atoms with Crippen LogP contribution in [-0.2, 0) is 35.7 Å². The van der Waals surface area contributed by atoms with Gasteiger partial charge < -0.3 is 39.8 Å². The van der Waals surface area contributed by atoms with Gasteiger partial charge in [0.1, 0.15) is 11.8 Å². The molecule has 6 atom stereocenters. The second-order valence-corrected chi connectivity index (χ2v) is 10.3. The maximum atomic E-state index is 13.0. The number of nitrogens with two attached hydrogens (primary N) is 1. The van der Waals surface area contributed by atoms with E-state index in [0.29, 0.717) is 24.3 Å². The van der Waals surface area contributed by atoms with E-state index >= 15 is 0 Å². The van der Waals surface area contributed by atoms with Crippen LogP contribution >= 0.6 is 12.4 Å². The van der Waals surface area contributed by atoms with Gasteiger partial charge in [-0.3, -0.25) is 9.59 Å². The van der Waals surface area contributed by atoms with Crippen LogP contribution in [0.25, 0.3) is 0 Å². The molecule has 0 radical (unpaired) electrons. The zero-order valence-electron chi connectivity index (χ0n) is 21.5. The number of ether oxygens (including phenoxy) is 4. The van der Waals surface area contributed by atoms with Crippen LogP contribution in [0.15, 0.2) is 24.0 Å². The number of aliphatic hydroxyl groups is 1. The minimum Gasteiger partial charge on any atom is -0.493 e. The van der Waals surface area contributed by atoms with E-state index in [0.717, 1.165) is 17.7 Å². The minimum absolute atomic E-state index is 0. The summed E-state index contributed by atoms with van der Waals surface area (Å²) in [5, 5.41) is 21.0. The predicted molar refractivity (Wildman–Crippen MR) is 135 cm³/mol. The van der Waals surface area contributed by atoms with Gasteiger partial charge in [-0.1, -0.05) is 6.07 Å². The van der Waals surface area contributed by atoms with Crippen molar-refractivity contribution in [2.45, 2.75) is 74.3 Å². The second kappa shape index (κ2) is 10.0. The van der Waals surface area contributed by atoms with Crippen LogP contribution in [0, 0.1) is 0 Å². The number of hydrogen-bond donors (Lipinski definition) is 3. The lowest BCUT2D eigenvalue weighted by atomic mass is 9.50. The van der Waals surface area contributed by atoms with Crippen molar-refractivity contribution in [2.75, 3.05) is 20.7 Å². The first kappa shape index (κ1) is 28.2. The number of carbonyl (C=O) groups excluding carboxylic acids is 2. The number of carboxylic acid groups (broad SMARTS) is 1. The second-order valence-electron chi connectivity index (χ2n) is 10.3. The predicted octanol–water partition coefficient (Wildman–Crippen LogP) is 1.06. The molecule has 2 aliphatic heterocycles. The molecular weight excluding hydrogens is 520 g/mol. The summed E-state index contributed by atoms with van der Waals surface area (Å²) in [6.07, 6.45) is 0.731. The van der Waals surface area contributed by atoms with Gasteiger partial charge in [-0.25, -0.2) is 4.79 Å². The molecular formula is C26H33ClN2O9. The molecule has 1 aromatic rings. The van der Waals surface area contributed by atoms with Crippen LogP contribution in [0.2, 0.25) is 0 Å². The third-order valence-corrected chi connectivity index (χ3v) is 8.37. The van der Waals surface area contributed by atoms with E-state index < -0.39 is 47.2 Å². The van der Waals surface area contributed by atoms with Crippen molar-refractivity contribution in [3.05, 3.63) is 35.1 Å². The van der Waals surface area contributed by atoms with Crippen LogP contribution in [-0.4, -0.2) is 83.6 Å². The van der Waals surface area contributed by atoms with Gasteiger partial charge in [0.2, 0.25) is 0 Å². The number of carboxylic acids is 1. The van der Waals surface area contributed by atoms with Crippen LogP contribution in [0.1, 0.15) is 43.7 Å². The molecule has 1 aromatic carbocycles. The Morgan fingerprint density at radius 2 is 2.03 bits per heavy atom. The molecule has 0 saturated carbocycles. The zero-order chi connectivity index (χ0) is 26.7. The number of rotatable bonds is 8. The van der Waals surface area contributed by atoms with Gasteiger partial charge in [0, 0.05) is 24.4 Å². The summed E-state index contributed by atoms with van der Waals surface area (Å²) in [7, 11) is 3.56. The third-order valence-electron chi connectivity index (χ3n) is 8.37. The van der Waals surface area contributed by atoms with Crippen LogP contribution in [0.3, 0.4) is 0 Å². The highest BCUT2D eigenvalue weighted by atomic mass is 35.5. The number of methoxy groups -OCH3 is 1. The van der Waals surface area contributed by atoms with Crippen LogP contribution in [0.4, 0.5) is 0 Å². The maximum Gasteiger partial charge on any atom is 0.352 e. The Hall–Kier alpha value is -2.86. The summed E-state index contributed by atoms with van der Waals surface area (Å²) < 4.78 is 22.9. The van der Waals surface area contributed by atoms with Gasteiger partial charge in [0.15, 0.2) is 23.7 Å².